The summed E-state index contributed by atoms with van der Waals surface area (Å²) in [7, 11) is 0. The molecule has 0 aliphatic heterocycles. The van der Waals surface area contributed by atoms with Crippen molar-refractivity contribution in [2.24, 2.45) is 10.8 Å². The minimum Gasteiger partial charge on any atom is -0.481 e. The average Bonchev–Trinajstić information content (AvgIpc) is 3.14. The number of oxazole rings is 1. The van der Waals surface area contributed by atoms with E-state index in [4.69, 9.17) is 9.40 Å². The van der Waals surface area contributed by atoms with Crippen LogP contribution < -0.4 is 0 Å². The Morgan fingerprint density at radius 3 is 2.50 bits per heavy atom. The molecule has 0 spiro atoms. The van der Waals surface area contributed by atoms with Gasteiger partial charge in [0.2, 0.25) is 0 Å². The fourth-order valence-electron chi connectivity index (χ4n) is 4.22. The van der Waals surface area contributed by atoms with Crippen molar-refractivity contribution in [1.82, 2.24) is 4.98 Å². The van der Waals surface area contributed by atoms with Gasteiger partial charge in [-0.2, -0.15) is 0 Å². The minimum absolute atomic E-state index is 0.00354. The summed E-state index contributed by atoms with van der Waals surface area (Å²) in [6.45, 7) is 5.87. The molecule has 1 saturated carbocycles. The van der Waals surface area contributed by atoms with Gasteiger partial charge in [0, 0.05) is 5.92 Å². The first-order valence-corrected chi connectivity index (χ1v) is 9.02. The number of aromatic nitrogens is 1. The van der Waals surface area contributed by atoms with Crippen LogP contribution in [0.5, 0.6) is 0 Å². The molecule has 0 bridgehead atoms. The maximum atomic E-state index is 11.8. The van der Waals surface area contributed by atoms with Gasteiger partial charge < -0.3 is 9.52 Å². The smallest absolute Gasteiger partial charge is 0.309 e. The predicted molar refractivity (Wildman–Crippen MR) is 101 cm³/mol. The summed E-state index contributed by atoms with van der Waals surface area (Å²) in [5, 5.41) is 9.72. The summed E-state index contributed by atoms with van der Waals surface area (Å²) in [6.07, 6.45) is 1.40. The molecule has 4 nitrogen and oxygen atoms in total. The van der Waals surface area contributed by atoms with Crippen molar-refractivity contribution in [3.63, 3.8) is 0 Å². The average molecular weight is 349 g/mol. The minimum atomic E-state index is -0.770. The van der Waals surface area contributed by atoms with E-state index in [0.717, 1.165) is 28.6 Å². The number of hydrogen-bond acceptors (Lipinski definition) is 3. The van der Waals surface area contributed by atoms with E-state index in [-0.39, 0.29) is 5.92 Å². The Kier molecular flexibility index (Phi) is 3.69. The SMILES string of the molecule is CC1(C)[C@@H](c2nc3cc(-c4ccccc4)ccc3o2)CC[C@@]1(C)C(=O)O. The number of aliphatic carboxylic acids is 1. The van der Waals surface area contributed by atoms with Gasteiger partial charge in [0.25, 0.3) is 0 Å². The number of carboxylic acid groups (broad SMARTS) is 1. The molecule has 1 fully saturated rings. The number of benzene rings is 2. The number of rotatable bonds is 3. The molecule has 1 heterocycles. The molecule has 134 valence electrons. The lowest BCUT2D eigenvalue weighted by atomic mass is 9.66. The molecule has 2 atom stereocenters. The van der Waals surface area contributed by atoms with E-state index in [0.29, 0.717) is 12.3 Å². The molecule has 0 amide bonds. The Hall–Kier alpha value is -2.62. The van der Waals surface area contributed by atoms with Crippen molar-refractivity contribution >= 4 is 17.1 Å². The van der Waals surface area contributed by atoms with Gasteiger partial charge in [0.05, 0.1) is 5.41 Å². The van der Waals surface area contributed by atoms with Crippen molar-refractivity contribution in [2.45, 2.75) is 39.5 Å². The van der Waals surface area contributed by atoms with Crippen molar-refractivity contribution < 1.29 is 14.3 Å². The maximum Gasteiger partial charge on any atom is 0.309 e. The summed E-state index contributed by atoms with van der Waals surface area (Å²) in [5.41, 5.74) is 2.60. The van der Waals surface area contributed by atoms with Gasteiger partial charge in [0.1, 0.15) is 5.52 Å². The van der Waals surface area contributed by atoms with Crippen LogP contribution in [-0.2, 0) is 4.79 Å². The molecule has 26 heavy (non-hydrogen) atoms. The lowest BCUT2D eigenvalue weighted by Gasteiger charge is -2.37. The highest BCUT2D eigenvalue weighted by molar-refractivity contribution is 5.80. The van der Waals surface area contributed by atoms with Gasteiger partial charge in [-0.05, 0) is 48.4 Å². The van der Waals surface area contributed by atoms with Crippen LogP contribution in [0, 0.1) is 10.8 Å². The van der Waals surface area contributed by atoms with Gasteiger partial charge in [-0.1, -0.05) is 50.2 Å². The third-order valence-corrected chi connectivity index (χ3v) is 6.51. The first-order valence-electron chi connectivity index (χ1n) is 9.02. The molecule has 1 aromatic heterocycles. The summed E-state index contributed by atoms with van der Waals surface area (Å²) in [6, 6.07) is 16.2. The molecule has 3 aromatic rings. The van der Waals surface area contributed by atoms with Gasteiger partial charge in [0.15, 0.2) is 11.5 Å². The van der Waals surface area contributed by atoms with Crippen molar-refractivity contribution in [2.75, 3.05) is 0 Å². The molecule has 1 aliphatic rings. The van der Waals surface area contributed by atoms with Crippen LogP contribution >= 0.6 is 0 Å². The number of hydrogen-bond donors (Lipinski definition) is 1. The number of carbonyl (C=O) groups is 1. The molecular formula is C22H23NO3. The molecule has 1 aliphatic carbocycles. The van der Waals surface area contributed by atoms with Gasteiger partial charge >= 0.3 is 5.97 Å². The lowest BCUT2D eigenvalue weighted by Crippen LogP contribution is -2.40. The van der Waals surface area contributed by atoms with Crippen molar-refractivity contribution in [3.05, 3.63) is 54.4 Å². The molecule has 0 saturated heterocycles. The van der Waals surface area contributed by atoms with Crippen molar-refractivity contribution in [1.29, 1.82) is 0 Å². The van der Waals surface area contributed by atoms with Crippen LogP contribution in [0.15, 0.2) is 52.9 Å². The van der Waals surface area contributed by atoms with Crippen LogP contribution in [0.1, 0.15) is 45.4 Å². The standard InChI is InChI=1S/C22H23NO3/c1-21(2)16(11-12-22(21,3)20(24)25)19-23-17-13-15(9-10-18(17)26-19)14-7-5-4-6-8-14/h4-10,13,16H,11-12H2,1-3H3,(H,24,25)/t16-,22+/m1/s1. The second kappa shape index (κ2) is 5.70. The monoisotopic (exact) mass is 349 g/mol. The zero-order chi connectivity index (χ0) is 18.5. The van der Waals surface area contributed by atoms with Crippen LogP contribution in [0.3, 0.4) is 0 Å². The van der Waals surface area contributed by atoms with Crippen LogP contribution in [-0.4, -0.2) is 16.1 Å². The third-order valence-electron chi connectivity index (χ3n) is 6.51. The largest absolute Gasteiger partial charge is 0.481 e. The van der Waals surface area contributed by atoms with Crippen molar-refractivity contribution in [3.8, 4) is 11.1 Å². The van der Waals surface area contributed by atoms with Crippen LogP contribution in [0.4, 0.5) is 0 Å². The summed E-state index contributed by atoms with van der Waals surface area (Å²) >= 11 is 0. The zero-order valence-electron chi connectivity index (χ0n) is 15.3. The van der Waals surface area contributed by atoms with Gasteiger partial charge in [-0.15, -0.1) is 0 Å². The fourth-order valence-corrected chi connectivity index (χ4v) is 4.22. The zero-order valence-corrected chi connectivity index (χ0v) is 15.3. The first-order chi connectivity index (χ1) is 12.3. The van der Waals surface area contributed by atoms with E-state index in [1.807, 2.05) is 57.2 Å². The van der Waals surface area contributed by atoms with Crippen LogP contribution in [0.2, 0.25) is 0 Å². The van der Waals surface area contributed by atoms with Gasteiger partial charge in [-0.25, -0.2) is 4.98 Å². The maximum absolute atomic E-state index is 11.8. The number of carboxylic acids is 1. The molecule has 0 radical (unpaired) electrons. The first kappa shape index (κ1) is 16.8. The highest BCUT2D eigenvalue weighted by Crippen LogP contribution is 2.59. The second-order valence-electron chi connectivity index (χ2n) is 8.05. The van der Waals surface area contributed by atoms with Gasteiger partial charge in [-0.3, -0.25) is 4.79 Å². The molecule has 0 unspecified atom stereocenters. The summed E-state index contributed by atoms with van der Waals surface area (Å²) in [5.74, 6) is -0.0937. The Morgan fingerprint density at radius 2 is 1.85 bits per heavy atom. The number of fused-ring (bicyclic) bond motifs is 1. The third kappa shape index (κ3) is 2.36. The molecule has 4 rings (SSSR count). The summed E-state index contributed by atoms with van der Waals surface area (Å²) < 4.78 is 6.05. The molecular weight excluding hydrogens is 326 g/mol. The molecule has 1 N–H and O–H groups in total. The predicted octanol–water partition coefficient (Wildman–Crippen LogP) is 5.49. The lowest BCUT2D eigenvalue weighted by molar-refractivity contribution is -0.153. The van der Waals surface area contributed by atoms with E-state index in [2.05, 4.69) is 12.1 Å². The van der Waals surface area contributed by atoms with E-state index in [9.17, 15) is 9.90 Å². The Morgan fingerprint density at radius 1 is 1.12 bits per heavy atom. The van der Waals surface area contributed by atoms with Crippen LogP contribution in [0.25, 0.3) is 22.2 Å². The van der Waals surface area contributed by atoms with E-state index >= 15 is 0 Å². The second-order valence-corrected chi connectivity index (χ2v) is 8.05. The normalized spacial score (nSPS) is 24.8. The summed E-state index contributed by atoms with van der Waals surface area (Å²) in [4.78, 5) is 16.6. The Bertz CT molecular complexity index is 973. The van der Waals surface area contributed by atoms with E-state index in [1.54, 1.807) is 0 Å². The number of nitrogens with zero attached hydrogens (tertiary/aromatic N) is 1. The quantitative estimate of drug-likeness (QED) is 0.679. The molecule has 4 heteroatoms. The topological polar surface area (TPSA) is 63.3 Å². The Balaban J connectivity index is 1.74. The molecule has 2 aromatic carbocycles. The van der Waals surface area contributed by atoms with E-state index < -0.39 is 16.8 Å². The highest BCUT2D eigenvalue weighted by Gasteiger charge is 2.57. The Labute approximate surface area is 152 Å². The fraction of sp³-hybridized carbons (Fsp3) is 0.364. The highest BCUT2D eigenvalue weighted by atomic mass is 16.4. The van der Waals surface area contributed by atoms with E-state index in [1.165, 1.54) is 0 Å².